The van der Waals surface area contributed by atoms with Gasteiger partial charge in [0.15, 0.2) is 0 Å². The third-order valence-corrected chi connectivity index (χ3v) is 7.55. The Hall–Kier alpha value is -1.98. The van der Waals surface area contributed by atoms with Crippen LogP contribution in [0.1, 0.15) is 46.4 Å². The van der Waals surface area contributed by atoms with E-state index in [-0.39, 0.29) is 21.9 Å². The molecule has 2 heterocycles. The number of benzene rings is 1. The minimum Gasteiger partial charge on any atom is -0.262 e. The van der Waals surface area contributed by atoms with Crippen LogP contribution in [0.4, 0.5) is 5.69 Å². The van der Waals surface area contributed by atoms with Crippen LogP contribution in [-0.2, 0) is 15.4 Å². The van der Waals surface area contributed by atoms with Crippen LogP contribution in [0, 0.1) is 16.0 Å². The average molecular weight is 440 g/mol. The number of piperidine rings is 1. The molecule has 0 amide bonds. The summed E-state index contributed by atoms with van der Waals surface area (Å²) in [5.74, 6) is 0.937. The van der Waals surface area contributed by atoms with E-state index in [2.05, 4.69) is 15.2 Å². The maximum atomic E-state index is 13.0. The van der Waals surface area contributed by atoms with Crippen molar-refractivity contribution in [1.82, 2.24) is 19.5 Å². The van der Waals surface area contributed by atoms with Crippen LogP contribution < -0.4 is 0 Å². The second-order valence-electron chi connectivity index (χ2n) is 8.32. The van der Waals surface area contributed by atoms with Gasteiger partial charge in [0.25, 0.3) is 5.69 Å². The van der Waals surface area contributed by atoms with E-state index in [1.807, 2.05) is 27.7 Å². The first kappa shape index (κ1) is 21.7. The summed E-state index contributed by atoms with van der Waals surface area (Å²) in [6.07, 6.45) is 1.77. The van der Waals surface area contributed by atoms with E-state index in [1.165, 1.54) is 16.4 Å². The Morgan fingerprint density at radius 3 is 2.66 bits per heavy atom. The minimum absolute atomic E-state index is 0.0620. The fraction of sp³-hybridized carbons (Fsp3) is 0.556. The number of nitro groups is 1. The molecule has 1 saturated heterocycles. The molecule has 1 aliphatic heterocycles. The lowest BCUT2D eigenvalue weighted by atomic mass is 9.96. The topological polar surface area (TPSA) is 122 Å². The lowest BCUT2D eigenvalue weighted by Crippen LogP contribution is -2.39. The van der Waals surface area contributed by atoms with Crippen LogP contribution in [0.2, 0.25) is 0 Å². The number of sulfonamides is 1. The number of nitrogens with one attached hydrogen (secondary N) is 1. The zero-order valence-electron chi connectivity index (χ0n) is 16.9. The van der Waals surface area contributed by atoms with Crippen LogP contribution in [0.5, 0.6) is 0 Å². The smallest absolute Gasteiger partial charge is 0.262 e. The molecule has 29 heavy (non-hydrogen) atoms. The van der Waals surface area contributed by atoms with Crippen LogP contribution in [0.15, 0.2) is 33.1 Å². The predicted molar refractivity (Wildman–Crippen MR) is 109 cm³/mol. The van der Waals surface area contributed by atoms with Gasteiger partial charge in [0.2, 0.25) is 15.2 Å². The summed E-state index contributed by atoms with van der Waals surface area (Å²) in [6.45, 7) is 8.80. The van der Waals surface area contributed by atoms with Crippen molar-refractivity contribution in [2.45, 2.75) is 60.9 Å². The highest BCUT2D eigenvalue weighted by Crippen LogP contribution is 2.36. The summed E-state index contributed by atoms with van der Waals surface area (Å²) >= 11 is 1.03. The molecule has 2 aromatic rings. The highest BCUT2D eigenvalue weighted by Gasteiger charge is 2.31. The van der Waals surface area contributed by atoms with E-state index in [9.17, 15) is 18.5 Å². The first-order valence-corrected chi connectivity index (χ1v) is 11.6. The summed E-state index contributed by atoms with van der Waals surface area (Å²) in [5.41, 5.74) is -0.510. The second-order valence-corrected chi connectivity index (χ2v) is 11.3. The molecule has 11 heteroatoms. The lowest BCUT2D eigenvalue weighted by molar-refractivity contribution is -0.388. The van der Waals surface area contributed by atoms with Gasteiger partial charge in [0, 0.05) is 24.6 Å². The Bertz CT molecular complexity index is 1010. The van der Waals surface area contributed by atoms with Crippen LogP contribution in [0.25, 0.3) is 0 Å². The molecule has 1 aromatic heterocycles. The summed E-state index contributed by atoms with van der Waals surface area (Å²) in [4.78, 5) is 15.7. The van der Waals surface area contributed by atoms with Crippen LogP contribution in [-0.4, -0.2) is 45.9 Å². The summed E-state index contributed by atoms with van der Waals surface area (Å²) in [6, 6.07) is 4.01. The SMILES string of the molecule is C[C@@H]1CCCN(S(=O)(=O)c2ccc(Sc3n[nH]c(C(C)(C)C)n3)c([N+](=O)[O-])c2)C1. The second kappa shape index (κ2) is 8.04. The summed E-state index contributed by atoms with van der Waals surface area (Å²) < 4.78 is 27.3. The largest absolute Gasteiger partial charge is 0.284 e. The monoisotopic (exact) mass is 439 g/mol. The van der Waals surface area contributed by atoms with E-state index < -0.39 is 14.9 Å². The first-order chi connectivity index (χ1) is 13.5. The molecule has 0 saturated carbocycles. The predicted octanol–water partition coefficient (Wildman–Crippen LogP) is 3.58. The van der Waals surface area contributed by atoms with Gasteiger partial charge in [0.05, 0.1) is 14.7 Å². The van der Waals surface area contributed by atoms with Crippen molar-refractivity contribution >= 4 is 27.5 Å². The number of rotatable bonds is 5. The molecule has 158 valence electrons. The van der Waals surface area contributed by atoms with Crippen molar-refractivity contribution in [2.24, 2.45) is 5.92 Å². The lowest BCUT2D eigenvalue weighted by Gasteiger charge is -2.30. The number of H-pyrrole nitrogens is 1. The van der Waals surface area contributed by atoms with Gasteiger partial charge in [0.1, 0.15) is 5.82 Å². The van der Waals surface area contributed by atoms with E-state index in [1.54, 1.807) is 0 Å². The molecule has 0 unspecified atom stereocenters. The standard InChI is InChI=1S/C18H25N5O4S2/c1-12-6-5-9-22(11-12)29(26,27)13-7-8-15(14(10-13)23(24)25)28-17-19-16(20-21-17)18(2,3)4/h7-8,10,12H,5-6,9,11H2,1-4H3,(H,19,20,21)/t12-/m1/s1. The molecule has 1 N–H and O–H groups in total. The summed E-state index contributed by atoms with van der Waals surface area (Å²) in [7, 11) is -3.77. The highest BCUT2D eigenvalue weighted by atomic mass is 32.2. The molecular weight excluding hydrogens is 414 g/mol. The molecule has 0 radical (unpaired) electrons. The zero-order chi connectivity index (χ0) is 21.4. The Morgan fingerprint density at radius 1 is 1.34 bits per heavy atom. The van der Waals surface area contributed by atoms with Gasteiger partial charge in [-0.05, 0) is 42.7 Å². The molecule has 1 fully saturated rings. The molecule has 1 aliphatic rings. The average Bonchev–Trinajstić information content (AvgIpc) is 3.10. The van der Waals surface area contributed by atoms with Crippen molar-refractivity contribution < 1.29 is 13.3 Å². The Balaban J connectivity index is 1.91. The van der Waals surface area contributed by atoms with Gasteiger partial charge in [-0.15, -0.1) is 5.10 Å². The molecule has 9 nitrogen and oxygen atoms in total. The van der Waals surface area contributed by atoms with Gasteiger partial charge in [-0.1, -0.05) is 27.7 Å². The maximum absolute atomic E-state index is 13.0. The van der Waals surface area contributed by atoms with Crippen molar-refractivity contribution in [2.75, 3.05) is 13.1 Å². The Labute approximate surface area is 174 Å². The van der Waals surface area contributed by atoms with E-state index in [4.69, 9.17) is 0 Å². The molecule has 1 aromatic carbocycles. The molecule has 1 atom stereocenters. The van der Waals surface area contributed by atoms with Crippen molar-refractivity contribution in [3.8, 4) is 0 Å². The fourth-order valence-corrected chi connectivity index (χ4v) is 5.54. The fourth-order valence-electron chi connectivity index (χ4n) is 3.13. The molecule has 3 rings (SSSR count). The quantitative estimate of drug-likeness (QED) is 0.558. The van der Waals surface area contributed by atoms with Crippen molar-refractivity contribution in [1.29, 1.82) is 0 Å². The van der Waals surface area contributed by atoms with Crippen molar-refractivity contribution in [3.05, 3.63) is 34.1 Å². The van der Waals surface area contributed by atoms with E-state index in [0.29, 0.717) is 29.0 Å². The Morgan fingerprint density at radius 2 is 2.07 bits per heavy atom. The van der Waals surface area contributed by atoms with Crippen LogP contribution >= 0.6 is 11.8 Å². The number of nitrogens with zero attached hydrogens (tertiary/aromatic N) is 4. The number of aromatic amines is 1. The molecular formula is C18H25N5O4S2. The highest BCUT2D eigenvalue weighted by molar-refractivity contribution is 7.99. The number of aromatic nitrogens is 3. The maximum Gasteiger partial charge on any atom is 0.284 e. The third kappa shape index (κ3) is 4.78. The Kier molecular flexibility index (Phi) is 6.02. The van der Waals surface area contributed by atoms with E-state index >= 15 is 0 Å². The van der Waals surface area contributed by atoms with Crippen LogP contribution in [0.3, 0.4) is 0 Å². The van der Waals surface area contributed by atoms with Gasteiger partial charge in [-0.3, -0.25) is 15.2 Å². The first-order valence-electron chi connectivity index (χ1n) is 9.38. The number of hydrogen-bond acceptors (Lipinski definition) is 7. The molecule has 0 bridgehead atoms. The number of hydrogen-bond donors (Lipinski definition) is 1. The van der Waals surface area contributed by atoms with Crippen molar-refractivity contribution in [3.63, 3.8) is 0 Å². The van der Waals surface area contributed by atoms with Gasteiger partial charge in [-0.25, -0.2) is 13.4 Å². The molecule has 0 spiro atoms. The molecule has 0 aliphatic carbocycles. The number of nitro benzene ring substituents is 1. The minimum atomic E-state index is -3.77. The normalized spacial score (nSPS) is 18.7. The van der Waals surface area contributed by atoms with Gasteiger partial charge in [-0.2, -0.15) is 4.31 Å². The van der Waals surface area contributed by atoms with Gasteiger partial charge >= 0.3 is 0 Å². The third-order valence-electron chi connectivity index (χ3n) is 4.76. The zero-order valence-corrected chi connectivity index (χ0v) is 18.5. The van der Waals surface area contributed by atoms with E-state index in [0.717, 1.165) is 30.7 Å². The van der Waals surface area contributed by atoms with Gasteiger partial charge < -0.3 is 0 Å². The summed E-state index contributed by atoms with van der Waals surface area (Å²) in [5, 5.41) is 18.9.